The summed E-state index contributed by atoms with van der Waals surface area (Å²) in [6.07, 6.45) is 0. The van der Waals surface area contributed by atoms with Crippen LogP contribution in [-0.2, 0) is 0 Å². The van der Waals surface area contributed by atoms with Gasteiger partial charge in [0.15, 0.2) is 11.6 Å². The first kappa shape index (κ1) is 7.39. The van der Waals surface area contributed by atoms with Gasteiger partial charge in [0.1, 0.15) is 0 Å². The molecule has 6 heteroatoms. The summed E-state index contributed by atoms with van der Waals surface area (Å²) < 4.78 is 0.308. The van der Waals surface area contributed by atoms with Crippen molar-refractivity contribution in [1.29, 1.82) is 5.41 Å². The highest BCUT2D eigenvalue weighted by atomic mass is 16.5. The highest BCUT2D eigenvalue weighted by Gasteiger charge is 2.07. The van der Waals surface area contributed by atoms with Gasteiger partial charge in [0.2, 0.25) is 0 Å². The quantitative estimate of drug-likeness (QED) is 0.368. The molecule has 11 heavy (non-hydrogen) atoms. The van der Waals surface area contributed by atoms with E-state index in [0.29, 0.717) is 4.73 Å². The van der Waals surface area contributed by atoms with Crippen LogP contribution in [0.1, 0.15) is 5.69 Å². The first-order valence-corrected chi connectivity index (χ1v) is 2.86. The van der Waals surface area contributed by atoms with E-state index in [0.717, 1.165) is 0 Å². The molecule has 0 aliphatic heterocycles. The molecule has 1 aromatic heterocycles. The van der Waals surface area contributed by atoms with E-state index in [1.54, 1.807) is 0 Å². The number of anilines is 1. The number of hydrogen-bond acceptors (Lipinski definition) is 5. The standard InChI is InChI=1S/C5H8N4O2/c1-2-3(10)4(6)9(11)5(7)8-2/h7,10-11H,6H2,1H3. The van der Waals surface area contributed by atoms with Crippen molar-refractivity contribution in [3.63, 3.8) is 0 Å². The zero-order valence-corrected chi connectivity index (χ0v) is 5.87. The molecule has 1 rings (SSSR count). The maximum Gasteiger partial charge on any atom is 0.258 e. The third kappa shape index (κ3) is 0.977. The SMILES string of the molecule is Cc1nc(=N)n(O)c(N)c1O. The van der Waals surface area contributed by atoms with Crippen LogP contribution in [0.4, 0.5) is 5.82 Å². The van der Waals surface area contributed by atoms with Crippen molar-refractivity contribution in [2.45, 2.75) is 6.92 Å². The van der Waals surface area contributed by atoms with Crippen LogP contribution in [0.25, 0.3) is 0 Å². The summed E-state index contributed by atoms with van der Waals surface area (Å²) >= 11 is 0. The summed E-state index contributed by atoms with van der Waals surface area (Å²) in [5.74, 6) is -0.578. The molecule has 6 nitrogen and oxygen atoms in total. The Balaban J connectivity index is 3.59. The summed E-state index contributed by atoms with van der Waals surface area (Å²) in [4.78, 5) is 3.48. The monoisotopic (exact) mass is 156 g/mol. The highest BCUT2D eigenvalue weighted by Crippen LogP contribution is 2.18. The van der Waals surface area contributed by atoms with Crippen molar-refractivity contribution >= 4 is 5.82 Å². The van der Waals surface area contributed by atoms with Crippen molar-refractivity contribution in [3.05, 3.63) is 11.3 Å². The summed E-state index contributed by atoms with van der Waals surface area (Å²) in [5.41, 5.74) is 5.00. The lowest BCUT2D eigenvalue weighted by molar-refractivity contribution is 0.168. The van der Waals surface area contributed by atoms with Gasteiger partial charge in [-0.05, 0) is 6.92 Å². The van der Waals surface area contributed by atoms with Crippen molar-refractivity contribution in [3.8, 4) is 5.75 Å². The molecule has 0 fully saturated rings. The number of nitrogens with zero attached hydrogens (tertiary/aromatic N) is 2. The number of aryl methyl sites for hydroxylation is 1. The predicted octanol–water partition coefficient (Wildman–Crippen LogP) is -0.804. The topological polar surface area (TPSA) is 108 Å². The Morgan fingerprint density at radius 2 is 2.18 bits per heavy atom. The summed E-state index contributed by atoms with van der Waals surface area (Å²) in [5, 5.41) is 25.0. The lowest BCUT2D eigenvalue weighted by Crippen LogP contribution is -2.24. The number of nitrogens with two attached hydrogens (primary N) is 1. The smallest absolute Gasteiger partial charge is 0.258 e. The van der Waals surface area contributed by atoms with Gasteiger partial charge >= 0.3 is 0 Å². The van der Waals surface area contributed by atoms with Crippen molar-refractivity contribution < 1.29 is 10.3 Å². The van der Waals surface area contributed by atoms with Gasteiger partial charge in [0.05, 0.1) is 5.69 Å². The number of nitrogens with one attached hydrogen (secondary N) is 1. The minimum Gasteiger partial charge on any atom is -0.503 e. The van der Waals surface area contributed by atoms with Gasteiger partial charge in [-0.25, -0.2) is 4.98 Å². The first-order valence-electron chi connectivity index (χ1n) is 2.86. The fourth-order valence-corrected chi connectivity index (χ4v) is 0.659. The Kier molecular flexibility index (Phi) is 1.45. The highest BCUT2D eigenvalue weighted by molar-refractivity contribution is 5.46. The van der Waals surface area contributed by atoms with Gasteiger partial charge < -0.3 is 16.0 Å². The number of aromatic hydroxyl groups is 1. The van der Waals surface area contributed by atoms with Crippen LogP contribution in [0.15, 0.2) is 0 Å². The Bertz CT molecular complexity index is 343. The summed E-state index contributed by atoms with van der Waals surface area (Å²) in [6.45, 7) is 1.49. The van der Waals surface area contributed by atoms with Crippen LogP contribution < -0.4 is 11.4 Å². The molecular weight excluding hydrogens is 148 g/mol. The van der Waals surface area contributed by atoms with Crippen LogP contribution in [0.5, 0.6) is 5.75 Å². The van der Waals surface area contributed by atoms with Crippen LogP contribution in [-0.4, -0.2) is 20.0 Å². The van der Waals surface area contributed by atoms with Gasteiger partial charge in [0, 0.05) is 0 Å². The van der Waals surface area contributed by atoms with E-state index in [4.69, 9.17) is 21.5 Å². The second-order valence-corrected chi connectivity index (χ2v) is 2.07. The second-order valence-electron chi connectivity index (χ2n) is 2.07. The molecule has 0 saturated carbocycles. The van der Waals surface area contributed by atoms with Gasteiger partial charge in [-0.15, -0.1) is 4.73 Å². The van der Waals surface area contributed by atoms with E-state index in [-0.39, 0.29) is 17.3 Å². The molecule has 0 aliphatic rings. The molecule has 0 aromatic carbocycles. The second kappa shape index (κ2) is 2.15. The molecule has 60 valence electrons. The lowest BCUT2D eigenvalue weighted by atomic mass is 10.4. The molecule has 0 atom stereocenters. The maximum atomic E-state index is 9.06. The molecule has 0 bridgehead atoms. The first-order chi connectivity index (χ1) is 5.04. The molecule has 5 N–H and O–H groups in total. The van der Waals surface area contributed by atoms with E-state index < -0.39 is 5.62 Å². The van der Waals surface area contributed by atoms with E-state index in [9.17, 15) is 0 Å². The minimum absolute atomic E-state index is 0.220. The Hall–Kier alpha value is -1.72. The average Bonchev–Trinajstić information content (AvgIpc) is 1.97. The molecule has 1 aromatic rings. The number of nitrogen functional groups attached to an aromatic ring is 1. The average molecular weight is 156 g/mol. The minimum atomic E-state index is -0.405. The van der Waals surface area contributed by atoms with Gasteiger partial charge in [-0.3, -0.25) is 5.41 Å². The Morgan fingerprint density at radius 1 is 1.64 bits per heavy atom. The van der Waals surface area contributed by atoms with E-state index in [2.05, 4.69) is 4.98 Å². The van der Waals surface area contributed by atoms with Crippen LogP contribution in [0.3, 0.4) is 0 Å². The molecule has 0 amide bonds. The normalized spacial score (nSPS) is 9.91. The summed E-state index contributed by atoms with van der Waals surface area (Å²) in [7, 11) is 0. The third-order valence-corrected chi connectivity index (χ3v) is 1.29. The molecular formula is C5H8N4O2. The van der Waals surface area contributed by atoms with Gasteiger partial charge in [-0.1, -0.05) is 0 Å². The number of aromatic nitrogens is 2. The van der Waals surface area contributed by atoms with E-state index in [1.807, 2.05) is 0 Å². The van der Waals surface area contributed by atoms with Crippen LogP contribution in [0, 0.1) is 12.3 Å². The zero-order chi connectivity index (χ0) is 8.59. The number of rotatable bonds is 0. The van der Waals surface area contributed by atoms with Crippen LogP contribution in [0.2, 0.25) is 0 Å². The maximum absolute atomic E-state index is 9.06. The van der Waals surface area contributed by atoms with Crippen molar-refractivity contribution in [2.24, 2.45) is 0 Å². The molecule has 0 unspecified atom stereocenters. The van der Waals surface area contributed by atoms with Crippen molar-refractivity contribution in [2.75, 3.05) is 5.73 Å². The van der Waals surface area contributed by atoms with E-state index in [1.165, 1.54) is 6.92 Å². The summed E-state index contributed by atoms with van der Waals surface area (Å²) in [6, 6.07) is 0. The lowest BCUT2D eigenvalue weighted by Gasteiger charge is -2.04. The van der Waals surface area contributed by atoms with Crippen LogP contribution >= 0.6 is 0 Å². The number of hydrogen-bond donors (Lipinski definition) is 4. The van der Waals surface area contributed by atoms with Gasteiger partial charge in [-0.2, -0.15) is 0 Å². The fourth-order valence-electron chi connectivity index (χ4n) is 0.659. The predicted molar refractivity (Wildman–Crippen MR) is 36.1 cm³/mol. The molecule has 0 saturated heterocycles. The zero-order valence-electron chi connectivity index (χ0n) is 5.87. The Morgan fingerprint density at radius 3 is 2.73 bits per heavy atom. The molecule has 1 heterocycles. The van der Waals surface area contributed by atoms with E-state index >= 15 is 0 Å². The molecule has 0 aliphatic carbocycles. The largest absolute Gasteiger partial charge is 0.503 e. The fraction of sp³-hybridized carbons (Fsp3) is 0.200. The van der Waals surface area contributed by atoms with Crippen molar-refractivity contribution in [1.82, 2.24) is 9.71 Å². The Labute approximate surface area is 62.0 Å². The molecule has 0 spiro atoms. The third-order valence-electron chi connectivity index (χ3n) is 1.29. The van der Waals surface area contributed by atoms with Gasteiger partial charge in [0.25, 0.3) is 5.62 Å². The molecule has 0 radical (unpaired) electrons.